The summed E-state index contributed by atoms with van der Waals surface area (Å²) in [6.45, 7) is 2.36. The normalized spacial score (nSPS) is 23.0. The first-order chi connectivity index (χ1) is 16.5. The van der Waals surface area contributed by atoms with Gasteiger partial charge in [0.1, 0.15) is 0 Å². The number of benzene rings is 2. The lowest BCUT2D eigenvalue weighted by atomic mass is 9.72. The van der Waals surface area contributed by atoms with Crippen molar-refractivity contribution in [1.82, 2.24) is 10.2 Å². The number of carbonyl (C=O) groups is 3. The standard InChI is InChI=1S/C27H27ClN2O4/c28-20-11-9-18(10-12-20)17-5-7-19(8-6-17)23-24(31)21-3-1-2-4-22(21)25(32)26(23)34-27(33)30-15-13-29-14-16-30/h1-4,9-12,17,19,29H,5-8,13-16H2. The van der Waals surface area contributed by atoms with Crippen molar-refractivity contribution in [2.24, 2.45) is 5.92 Å². The molecule has 2 fully saturated rings. The quantitative estimate of drug-likeness (QED) is 0.672. The van der Waals surface area contributed by atoms with E-state index in [1.165, 1.54) is 5.56 Å². The highest BCUT2D eigenvalue weighted by molar-refractivity contribution is 6.30. The van der Waals surface area contributed by atoms with Crippen LogP contribution in [0.15, 0.2) is 59.9 Å². The molecule has 176 valence electrons. The molecule has 2 aromatic carbocycles. The average Bonchev–Trinajstić information content (AvgIpc) is 2.88. The van der Waals surface area contributed by atoms with Gasteiger partial charge in [-0.2, -0.15) is 0 Å². The molecule has 2 aromatic rings. The number of hydrogen-bond acceptors (Lipinski definition) is 5. The molecule has 1 aliphatic heterocycles. The molecule has 1 saturated carbocycles. The minimum Gasteiger partial charge on any atom is -0.406 e. The number of rotatable bonds is 3. The number of carbonyl (C=O) groups excluding carboxylic acids is 3. The van der Waals surface area contributed by atoms with E-state index in [0.29, 0.717) is 53.8 Å². The second-order valence-electron chi connectivity index (χ2n) is 9.15. The molecule has 7 heteroatoms. The van der Waals surface area contributed by atoms with Crippen LogP contribution in [-0.2, 0) is 4.74 Å². The van der Waals surface area contributed by atoms with Crippen molar-refractivity contribution in [2.45, 2.75) is 31.6 Å². The van der Waals surface area contributed by atoms with Crippen LogP contribution >= 0.6 is 11.6 Å². The lowest BCUT2D eigenvalue weighted by Gasteiger charge is -2.33. The molecule has 6 nitrogen and oxygen atoms in total. The SMILES string of the molecule is O=C1C(OC(=O)N2CCNCC2)=C(C2CCC(c3ccc(Cl)cc3)CC2)C(=O)c2ccccc21. The van der Waals surface area contributed by atoms with Gasteiger partial charge in [-0.25, -0.2) is 4.79 Å². The largest absolute Gasteiger partial charge is 0.415 e. The highest BCUT2D eigenvalue weighted by atomic mass is 35.5. The average molecular weight is 479 g/mol. The topological polar surface area (TPSA) is 75.7 Å². The second-order valence-corrected chi connectivity index (χ2v) is 9.59. The Morgan fingerprint density at radius 2 is 1.44 bits per heavy atom. The third-order valence-electron chi connectivity index (χ3n) is 7.15. The number of Topliss-reactive ketones (excluding diaryl/α,β-unsaturated/α-hetero) is 2. The first kappa shape index (κ1) is 22.8. The highest BCUT2D eigenvalue weighted by Crippen LogP contribution is 2.42. The molecule has 0 spiro atoms. The van der Waals surface area contributed by atoms with Crippen LogP contribution in [0, 0.1) is 5.92 Å². The molecule has 2 aliphatic carbocycles. The van der Waals surface area contributed by atoms with E-state index in [1.54, 1.807) is 29.2 Å². The van der Waals surface area contributed by atoms with Gasteiger partial charge in [0.2, 0.25) is 5.78 Å². The molecule has 1 heterocycles. The van der Waals surface area contributed by atoms with Gasteiger partial charge in [0, 0.05) is 42.3 Å². The van der Waals surface area contributed by atoms with E-state index in [4.69, 9.17) is 16.3 Å². The molecular weight excluding hydrogens is 452 g/mol. The molecule has 0 unspecified atom stereocenters. The third-order valence-corrected chi connectivity index (χ3v) is 7.41. The summed E-state index contributed by atoms with van der Waals surface area (Å²) in [5.74, 6) is -0.411. The van der Waals surface area contributed by atoms with E-state index in [-0.39, 0.29) is 23.2 Å². The van der Waals surface area contributed by atoms with Crippen molar-refractivity contribution >= 4 is 29.3 Å². The maximum Gasteiger partial charge on any atom is 0.415 e. The summed E-state index contributed by atoms with van der Waals surface area (Å²) in [5.41, 5.74) is 2.29. The van der Waals surface area contributed by atoms with Crippen molar-refractivity contribution in [2.75, 3.05) is 26.2 Å². The summed E-state index contributed by atoms with van der Waals surface area (Å²) >= 11 is 6.04. The highest BCUT2D eigenvalue weighted by Gasteiger charge is 2.40. The number of nitrogens with zero attached hydrogens (tertiary/aromatic N) is 1. The van der Waals surface area contributed by atoms with Crippen LogP contribution < -0.4 is 5.32 Å². The van der Waals surface area contributed by atoms with E-state index in [9.17, 15) is 14.4 Å². The Bertz CT molecular complexity index is 1140. The number of ketones is 2. The number of hydrogen-bond donors (Lipinski definition) is 1. The van der Waals surface area contributed by atoms with Crippen molar-refractivity contribution in [1.29, 1.82) is 0 Å². The fraction of sp³-hybridized carbons (Fsp3) is 0.370. The minimum atomic E-state index is -0.565. The van der Waals surface area contributed by atoms with Crippen LogP contribution in [-0.4, -0.2) is 48.7 Å². The molecule has 1 amide bonds. The van der Waals surface area contributed by atoms with E-state index < -0.39 is 6.09 Å². The Morgan fingerprint density at radius 3 is 2.09 bits per heavy atom. The first-order valence-electron chi connectivity index (χ1n) is 11.9. The van der Waals surface area contributed by atoms with Crippen LogP contribution in [0.3, 0.4) is 0 Å². The summed E-state index contributed by atoms with van der Waals surface area (Å²) < 4.78 is 5.71. The minimum absolute atomic E-state index is 0.0813. The second kappa shape index (κ2) is 9.72. The van der Waals surface area contributed by atoms with Gasteiger partial charge in [0.05, 0.1) is 5.57 Å². The molecule has 5 rings (SSSR count). The fourth-order valence-corrected chi connectivity index (χ4v) is 5.42. The number of allylic oxidation sites excluding steroid dienone is 2. The van der Waals surface area contributed by atoms with Crippen LogP contribution in [0.4, 0.5) is 4.79 Å². The Morgan fingerprint density at radius 1 is 0.853 bits per heavy atom. The number of piperazine rings is 1. The maximum atomic E-state index is 13.6. The zero-order chi connectivity index (χ0) is 23.7. The van der Waals surface area contributed by atoms with Crippen molar-refractivity contribution < 1.29 is 19.1 Å². The van der Waals surface area contributed by atoms with Gasteiger partial charge >= 0.3 is 6.09 Å². The van der Waals surface area contributed by atoms with Crippen molar-refractivity contribution in [3.63, 3.8) is 0 Å². The van der Waals surface area contributed by atoms with Gasteiger partial charge < -0.3 is 15.0 Å². The van der Waals surface area contributed by atoms with Gasteiger partial charge in [-0.3, -0.25) is 9.59 Å². The Kier molecular flexibility index (Phi) is 6.53. The zero-order valence-electron chi connectivity index (χ0n) is 18.9. The van der Waals surface area contributed by atoms with E-state index >= 15 is 0 Å². The molecule has 3 aliphatic rings. The van der Waals surface area contributed by atoms with Gasteiger partial charge in [0.25, 0.3) is 0 Å². The molecule has 34 heavy (non-hydrogen) atoms. The van der Waals surface area contributed by atoms with Gasteiger partial charge in [-0.1, -0.05) is 48.0 Å². The van der Waals surface area contributed by atoms with E-state index in [0.717, 1.165) is 25.7 Å². The first-order valence-corrected chi connectivity index (χ1v) is 12.3. The zero-order valence-corrected chi connectivity index (χ0v) is 19.6. The number of amides is 1. The monoisotopic (exact) mass is 478 g/mol. The van der Waals surface area contributed by atoms with Crippen LogP contribution in [0.25, 0.3) is 0 Å². The van der Waals surface area contributed by atoms with Gasteiger partial charge in [-0.05, 0) is 55.2 Å². The predicted molar refractivity (Wildman–Crippen MR) is 129 cm³/mol. The molecule has 0 radical (unpaired) electrons. The maximum absolute atomic E-state index is 13.6. The Hall–Kier alpha value is -2.96. The Balaban J connectivity index is 1.43. The molecular formula is C27H27ClN2O4. The van der Waals surface area contributed by atoms with Gasteiger partial charge in [0.15, 0.2) is 11.5 Å². The lowest BCUT2D eigenvalue weighted by molar-refractivity contribution is 0.0835. The van der Waals surface area contributed by atoms with E-state index in [2.05, 4.69) is 17.4 Å². The van der Waals surface area contributed by atoms with E-state index in [1.807, 2.05) is 12.1 Å². The Labute approximate surface area is 203 Å². The van der Waals surface area contributed by atoms with Crippen LogP contribution in [0.5, 0.6) is 0 Å². The number of ether oxygens (including phenoxy) is 1. The molecule has 0 aromatic heterocycles. The number of halogens is 1. The smallest absolute Gasteiger partial charge is 0.406 e. The molecule has 1 saturated heterocycles. The van der Waals surface area contributed by atoms with Crippen LogP contribution in [0.1, 0.15) is 57.9 Å². The van der Waals surface area contributed by atoms with Gasteiger partial charge in [-0.15, -0.1) is 0 Å². The third kappa shape index (κ3) is 4.40. The lowest BCUT2D eigenvalue weighted by Crippen LogP contribution is -2.47. The fourth-order valence-electron chi connectivity index (χ4n) is 5.29. The molecule has 0 atom stereocenters. The summed E-state index contributed by atoms with van der Waals surface area (Å²) in [5, 5.41) is 3.90. The molecule has 1 N–H and O–H groups in total. The summed E-state index contributed by atoms with van der Waals surface area (Å²) in [6.07, 6.45) is 2.71. The molecule has 0 bridgehead atoms. The predicted octanol–water partition coefficient (Wildman–Crippen LogP) is 4.99. The van der Waals surface area contributed by atoms with Crippen molar-refractivity contribution in [3.8, 4) is 0 Å². The summed E-state index contributed by atoms with van der Waals surface area (Å²) in [7, 11) is 0. The van der Waals surface area contributed by atoms with Crippen LogP contribution in [0.2, 0.25) is 5.02 Å². The summed E-state index contributed by atoms with van der Waals surface area (Å²) in [4.78, 5) is 41.5. The number of fused-ring (bicyclic) bond motifs is 1. The number of nitrogens with one attached hydrogen (secondary N) is 1. The summed E-state index contributed by atoms with van der Waals surface area (Å²) in [6, 6.07) is 14.7. The van der Waals surface area contributed by atoms with Crippen molar-refractivity contribution in [3.05, 3.63) is 81.6 Å².